The average Bonchev–Trinajstić information content (AvgIpc) is 3.49. The first-order valence-electron chi connectivity index (χ1n) is 16.0. The molecule has 5 aliphatic rings. The Morgan fingerprint density at radius 2 is 1.80 bits per heavy atom. The standard InChI is InChI=1S/C35H45ClN2O2/c1-21(2)30-27(39)19-35(20-29-37-38-32(40-29)24-10-5-6-11-26(24)36)18-15-25-23(31(30)35)12-13-28-33(3)16-8-7-9-22(33)14-17-34(25,28)4/h5-6,10-11,21-23,25,28H,7-9,12-20H2,1-4H3. The number of ketones is 1. The first-order chi connectivity index (χ1) is 19.2. The average molecular weight is 561 g/mol. The first kappa shape index (κ1) is 26.9. The molecule has 7 atom stereocenters. The third kappa shape index (κ3) is 3.87. The number of nitrogens with zero attached hydrogens (tertiary/aromatic N) is 2. The molecule has 0 radical (unpaired) electrons. The second-order valence-electron chi connectivity index (χ2n) is 14.9. The summed E-state index contributed by atoms with van der Waals surface area (Å²) in [7, 11) is 0. The number of rotatable bonds is 4. The van der Waals surface area contributed by atoms with Crippen LogP contribution in [0.3, 0.4) is 0 Å². The van der Waals surface area contributed by atoms with Crippen molar-refractivity contribution in [2.45, 2.75) is 105 Å². The summed E-state index contributed by atoms with van der Waals surface area (Å²) in [4.78, 5) is 13.8. The van der Waals surface area contributed by atoms with E-state index in [1.54, 1.807) is 0 Å². The number of halogens is 1. The van der Waals surface area contributed by atoms with Gasteiger partial charge in [0, 0.05) is 18.3 Å². The summed E-state index contributed by atoms with van der Waals surface area (Å²) >= 11 is 6.44. The van der Waals surface area contributed by atoms with Crippen molar-refractivity contribution in [3.8, 4) is 11.5 Å². The maximum absolute atomic E-state index is 13.8. The molecule has 2 aromatic rings. The van der Waals surface area contributed by atoms with E-state index in [0.717, 1.165) is 29.4 Å². The Morgan fingerprint density at radius 1 is 0.975 bits per heavy atom. The van der Waals surface area contributed by atoms with Gasteiger partial charge in [-0.15, -0.1) is 10.2 Å². The minimum atomic E-state index is -0.183. The summed E-state index contributed by atoms with van der Waals surface area (Å²) in [5, 5.41) is 9.51. The lowest BCUT2D eigenvalue weighted by Crippen LogP contribution is -2.58. The molecule has 7 unspecified atom stereocenters. The molecule has 1 aromatic carbocycles. The molecule has 4 saturated carbocycles. The van der Waals surface area contributed by atoms with Crippen LogP contribution in [-0.4, -0.2) is 16.0 Å². The van der Waals surface area contributed by atoms with Crippen LogP contribution in [0.2, 0.25) is 5.02 Å². The van der Waals surface area contributed by atoms with Crippen LogP contribution >= 0.6 is 11.6 Å². The number of carbonyl (C=O) groups excluding carboxylic acids is 1. The Balaban J connectivity index is 1.25. The van der Waals surface area contributed by atoms with Crippen molar-refractivity contribution >= 4 is 17.4 Å². The molecular formula is C35H45ClN2O2. The van der Waals surface area contributed by atoms with Crippen molar-refractivity contribution in [3.63, 3.8) is 0 Å². The highest BCUT2D eigenvalue weighted by Gasteiger charge is 2.63. The van der Waals surface area contributed by atoms with Gasteiger partial charge in [-0.25, -0.2) is 0 Å². The predicted molar refractivity (Wildman–Crippen MR) is 159 cm³/mol. The van der Waals surface area contributed by atoms with E-state index in [9.17, 15) is 4.79 Å². The molecule has 0 aliphatic heterocycles. The van der Waals surface area contributed by atoms with Crippen molar-refractivity contribution in [1.29, 1.82) is 0 Å². The quantitative estimate of drug-likeness (QED) is 0.374. The third-order valence-corrected chi connectivity index (χ3v) is 13.1. The number of Topliss-reactive ketones (excluding diaryl/α,β-unsaturated/α-hetero) is 1. The van der Waals surface area contributed by atoms with Gasteiger partial charge in [0.05, 0.1) is 10.6 Å². The molecule has 5 heteroatoms. The Kier molecular flexibility index (Phi) is 6.42. The summed E-state index contributed by atoms with van der Waals surface area (Å²) in [6.45, 7) is 9.78. The van der Waals surface area contributed by atoms with Crippen molar-refractivity contribution in [1.82, 2.24) is 10.2 Å². The fraction of sp³-hybridized carbons (Fsp3) is 0.686. The first-order valence-corrected chi connectivity index (χ1v) is 16.4. The van der Waals surface area contributed by atoms with E-state index in [0.29, 0.717) is 58.1 Å². The Morgan fingerprint density at radius 3 is 2.60 bits per heavy atom. The maximum Gasteiger partial charge on any atom is 0.249 e. The van der Waals surface area contributed by atoms with Gasteiger partial charge in [-0.2, -0.15) is 0 Å². The van der Waals surface area contributed by atoms with Gasteiger partial charge in [-0.3, -0.25) is 4.79 Å². The summed E-state index contributed by atoms with van der Waals surface area (Å²) < 4.78 is 6.26. The molecule has 4 nitrogen and oxygen atoms in total. The molecule has 40 heavy (non-hydrogen) atoms. The van der Waals surface area contributed by atoms with Crippen LogP contribution in [-0.2, 0) is 11.2 Å². The second-order valence-corrected chi connectivity index (χ2v) is 15.3. The molecule has 1 aromatic heterocycles. The molecule has 0 N–H and O–H groups in total. The number of aromatic nitrogens is 2. The molecule has 0 spiro atoms. The van der Waals surface area contributed by atoms with Crippen LogP contribution in [0, 0.1) is 45.8 Å². The van der Waals surface area contributed by atoms with Crippen LogP contribution in [0.15, 0.2) is 39.8 Å². The summed E-state index contributed by atoms with van der Waals surface area (Å²) in [6, 6.07) is 7.62. The zero-order valence-corrected chi connectivity index (χ0v) is 25.5. The molecule has 5 aliphatic carbocycles. The Bertz CT molecular complexity index is 1360. The minimum Gasteiger partial charge on any atom is -0.421 e. The zero-order chi connectivity index (χ0) is 27.9. The van der Waals surface area contributed by atoms with Crippen LogP contribution in [0.25, 0.3) is 11.5 Å². The van der Waals surface area contributed by atoms with Crippen molar-refractivity contribution in [2.75, 3.05) is 0 Å². The lowest BCUT2D eigenvalue weighted by molar-refractivity contribution is -0.150. The Labute approximate surface area is 244 Å². The van der Waals surface area contributed by atoms with Crippen LogP contribution in [0.5, 0.6) is 0 Å². The normalized spacial score (nSPS) is 39.1. The highest BCUT2D eigenvalue weighted by Crippen LogP contribution is 2.71. The van der Waals surface area contributed by atoms with Gasteiger partial charge in [-0.1, -0.05) is 69.8 Å². The SMILES string of the molecule is CC(C)C1=C2C3CCC4C5(C)CCCCC5CCC4(C)C3CCC2(Cc2nnc(-c3ccccc3Cl)o2)CC1=O. The fourth-order valence-corrected chi connectivity index (χ4v) is 11.4. The Hall–Kier alpha value is -1.94. The monoisotopic (exact) mass is 560 g/mol. The summed E-state index contributed by atoms with van der Waals surface area (Å²) in [5.74, 6) is 4.65. The van der Waals surface area contributed by atoms with Gasteiger partial charge >= 0.3 is 0 Å². The number of fused-ring (bicyclic) bond motifs is 7. The lowest BCUT2D eigenvalue weighted by atomic mass is 9.39. The van der Waals surface area contributed by atoms with Gasteiger partial charge in [0.2, 0.25) is 11.8 Å². The van der Waals surface area contributed by atoms with E-state index in [-0.39, 0.29) is 11.3 Å². The van der Waals surface area contributed by atoms with Crippen molar-refractivity contribution in [3.05, 3.63) is 46.3 Å². The third-order valence-electron chi connectivity index (χ3n) is 12.8. The highest BCUT2D eigenvalue weighted by atomic mass is 35.5. The van der Waals surface area contributed by atoms with Crippen LogP contribution < -0.4 is 0 Å². The molecule has 4 fully saturated rings. The van der Waals surface area contributed by atoms with Gasteiger partial charge in [0.15, 0.2) is 5.78 Å². The number of carbonyl (C=O) groups is 1. The molecular weight excluding hydrogens is 516 g/mol. The number of benzene rings is 1. The van der Waals surface area contributed by atoms with Crippen molar-refractivity contribution in [2.24, 2.45) is 45.8 Å². The molecule has 0 amide bonds. The second kappa shape index (κ2) is 9.54. The minimum absolute atomic E-state index is 0.183. The van der Waals surface area contributed by atoms with Crippen LogP contribution in [0.1, 0.15) is 104 Å². The van der Waals surface area contributed by atoms with E-state index in [1.165, 1.54) is 63.4 Å². The maximum atomic E-state index is 13.8. The highest BCUT2D eigenvalue weighted by molar-refractivity contribution is 6.33. The topological polar surface area (TPSA) is 56.0 Å². The van der Waals surface area contributed by atoms with E-state index >= 15 is 0 Å². The van der Waals surface area contributed by atoms with E-state index in [4.69, 9.17) is 16.0 Å². The summed E-state index contributed by atoms with van der Waals surface area (Å²) in [6.07, 6.45) is 14.6. The molecule has 214 valence electrons. The van der Waals surface area contributed by atoms with Gasteiger partial charge in [0.1, 0.15) is 0 Å². The molecule has 1 heterocycles. The van der Waals surface area contributed by atoms with E-state index in [2.05, 4.69) is 37.9 Å². The van der Waals surface area contributed by atoms with Crippen molar-refractivity contribution < 1.29 is 9.21 Å². The van der Waals surface area contributed by atoms with E-state index in [1.807, 2.05) is 24.3 Å². The molecule has 7 rings (SSSR count). The van der Waals surface area contributed by atoms with E-state index < -0.39 is 0 Å². The zero-order valence-electron chi connectivity index (χ0n) is 24.8. The number of allylic oxidation sites excluding steroid dienone is 2. The number of hydrogen-bond donors (Lipinski definition) is 0. The predicted octanol–water partition coefficient (Wildman–Crippen LogP) is 9.28. The van der Waals surface area contributed by atoms with Gasteiger partial charge < -0.3 is 4.42 Å². The molecule has 0 saturated heterocycles. The van der Waals surface area contributed by atoms with Gasteiger partial charge in [-0.05, 0) is 109 Å². The van der Waals surface area contributed by atoms with Gasteiger partial charge in [0.25, 0.3) is 0 Å². The lowest BCUT2D eigenvalue weighted by Gasteiger charge is -2.66. The summed E-state index contributed by atoms with van der Waals surface area (Å²) in [5.41, 5.74) is 4.10. The smallest absolute Gasteiger partial charge is 0.249 e. The number of hydrogen-bond acceptors (Lipinski definition) is 4. The van der Waals surface area contributed by atoms with Crippen LogP contribution in [0.4, 0.5) is 0 Å². The largest absolute Gasteiger partial charge is 0.421 e. The fourth-order valence-electron chi connectivity index (χ4n) is 11.2. The molecule has 0 bridgehead atoms.